The van der Waals surface area contributed by atoms with Gasteiger partial charge in [0.2, 0.25) is 0 Å². The third-order valence-corrected chi connectivity index (χ3v) is 4.65. The zero-order valence-corrected chi connectivity index (χ0v) is 15.9. The van der Waals surface area contributed by atoms with Crippen LogP contribution in [-0.2, 0) is 16.0 Å². The van der Waals surface area contributed by atoms with Gasteiger partial charge in [-0.1, -0.05) is 12.1 Å². The monoisotopic (exact) mass is 385 g/mol. The van der Waals surface area contributed by atoms with Crippen LogP contribution in [0.25, 0.3) is 0 Å². The Morgan fingerprint density at radius 3 is 2.21 bits per heavy atom. The van der Waals surface area contributed by atoms with Crippen molar-refractivity contribution in [3.63, 3.8) is 0 Å². The molecule has 5 nitrogen and oxygen atoms in total. The summed E-state index contributed by atoms with van der Waals surface area (Å²) in [6.07, 6.45) is 1.66. The molecule has 0 atom stereocenters. The number of imide groups is 1. The van der Waals surface area contributed by atoms with Crippen LogP contribution in [0.2, 0.25) is 0 Å². The van der Waals surface area contributed by atoms with Gasteiger partial charge in [0.1, 0.15) is 17.3 Å². The summed E-state index contributed by atoms with van der Waals surface area (Å²) in [4.78, 5) is 27.8. The van der Waals surface area contributed by atoms with Gasteiger partial charge in [0.05, 0.1) is 0 Å². The van der Waals surface area contributed by atoms with Gasteiger partial charge in [0.25, 0.3) is 11.8 Å². The molecule has 7 heteroatoms. The van der Waals surface area contributed by atoms with E-state index in [0.29, 0.717) is 6.42 Å². The molecule has 0 saturated heterocycles. The molecule has 0 aromatic heterocycles. The number of nitrogens with one attached hydrogen (secondary N) is 1. The number of rotatable bonds is 6. The highest BCUT2D eigenvalue weighted by Gasteiger charge is 2.31. The number of nitrogens with zero attached hydrogens (tertiary/aromatic N) is 2. The predicted molar refractivity (Wildman–Crippen MR) is 104 cm³/mol. The maximum Gasteiger partial charge on any atom is 0.277 e. The first kappa shape index (κ1) is 19.5. The smallest absolute Gasteiger partial charge is 0.277 e. The third kappa shape index (κ3) is 4.03. The van der Waals surface area contributed by atoms with Crippen molar-refractivity contribution >= 4 is 23.2 Å². The molecule has 0 unspecified atom stereocenters. The minimum Gasteiger partial charge on any atom is -0.378 e. The Morgan fingerprint density at radius 2 is 1.64 bits per heavy atom. The molecular formula is C21H21F2N3O2. The molecule has 28 heavy (non-hydrogen) atoms. The number of hydrogen-bond donors (Lipinski definition) is 1. The molecule has 0 radical (unpaired) electrons. The van der Waals surface area contributed by atoms with Crippen LogP contribution in [0, 0.1) is 18.6 Å². The van der Waals surface area contributed by atoms with Gasteiger partial charge in [-0.2, -0.15) is 0 Å². The van der Waals surface area contributed by atoms with E-state index in [1.807, 2.05) is 43.3 Å². The van der Waals surface area contributed by atoms with E-state index in [0.717, 1.165) is 34.4 Å². The van der Waals surface area contributed by atoms with Crippen LogP contribution >= 0.6 is 0 Å². The van der Waals surface area contributed by atoms with E-state index in [-0.39, 0.29) is 23.5 Å². The fourth-order valence-electron chi connectivity index (χ4n) is 2.88. The molecule has 0 spiro atoms. The number of halogens is 2. The zero-order valence-electron chi connectivity index (χ0n) is 15.9. The molecule has 2 aromatic rings. The highest BCUT2D eigenvalue weighted by molar-refractivity contribution is 6.17. The van der Waals surface area contributed by atoms with Crippen molar-refractivity contribution in [2.24, 2.45) is 0 Å². The van der Waals surface area contributed by atoms with Gasteiger partial charge in [-0.3, -0.25) is 14.5 Å². The summed E-state index contributed by atoms with van der Waals surface area (Å²) in [7, 11) is 3.89. The highest BCUT2D eigenvalue weighted by Crippen LogP contribution is 2.22. The summed E-state index contributed by atoms with van der Waals surface area (Å²) in [5.41, 5.74) is 2.03. The van der Waals surface area contributed by atoms with Crippen molar-refractivity contribution in [1.82, 2.24) is 4.90 Å². The number of carbonyl (C=O) groups is 2. The highest BCUT2D eigenvalue weighted by atomic mass is 19.1. The minimum atomic E-state index is -0.724. The van der Waals surface area contributed by atoms with Crippen LogP contribution in [0.15, 0.2) is 48.2 Å². The number of carbonyl (C=O) groups excluding carboxylic acids is 2. The second-order valence-electron chi connectivity index (χ2n) is 6.85. The average molecular weight is 385 g/mol. The summed E-state index contributed by atoms with van der Waals surface area (Å²) in [5.74, 6) is -2.42. The first-order chi connectivity index (χ1) is 13.3. The number of anilines is 2. The molecule has 1 aliphatic heterocycles. The minimum absolute atomic E-state index is 0.00407. The first-order valence-corrected chi connectivity index (χ1v) is 8.82. The van der Waals surface area contributed by atoms with Crippen LogP contribution in [-0.4, -0.2) is 37.4 Å². The van der Waals surface area contributed by atoms with Gasteiger partial charge < -0.3 is 10.2 Å². The molecule has 0 saturated carbocycles. The van der Waals surface area contributed by atoms with Crippen molar-refractivity contribution in [3.8, 4) is 0 Å². The van der Waals surface area contributed by atoms with Crippen molar-refractivity contribution in [2.45, 2.75) is 13.3 Å². The zero-order chi connectivity index (χ0) is 20.4. The molecule has 2 aromatic carbocycles. The van der Waals surface area contributed by atoms with Crippen molar-refractivity contribution in [3.05, 3.63) is 70.9 Å². The van der Waals surface area contributed by atoms with Gasteiger partial charge in [0, 0.05) is 43.7 Å². The Kier molecular flexibility index (Phi) is 5.44. The largest absolute Gasteiger partial charge is 0.378 e. The lowest BCUT2D eigenvalue weighted by atomic mass is 10.1. The van der Waals surface area contributed by atoms with E-state index in [9.17, 15) is 18.4 Å². The SMILES string of the molecule is Cc1c(F)cc(NC2=CC(=O)N(CCc3ccc(N(C)C)cc3)C2=O)cc1F. The lowest BCUT2D eigenvalue weighted by Gasteiger charge is -2.16. The Labute approximate surface area is 162 Å². The van der Waals surface area contributed by atoms with Crippen LogP contribution in [0.4, 0.5) is 20.2 Å². The van der Waals surface area contributed by atoms with Crippen LogP contribution in [0.5, 0.6) is 0 Å². The Morgan fingerprint density at radius 1 is 1.04 bits per heavy atom. The topological polar surface area (TPSA) is 52.7 Å². The number of hydrogen-bond acceptors (Lipinski definition) is 4. The second kappa shape index (κ2) is 7.80. The van der Waals surface area contributed by atoms with E-state index in [1.54, 1.807) is 0 Å². The lowest BCUT2D eigenvalue weighted by Crippen LogP contribution is -2.33. The average Bonchev–Trinajstić information content (AvgIpc) is 2.91. The number of amides is 2. The summed E-state index contributed by atoms with van der Waals surface area (Å²) in [6, 6.07) is 10.0. The van der Waals surface area contributed by atoms with Gasteiger partial charge in [0.15, 0.2) is 0 Å². The van der Waals surface area contributed by atoms with E-state index in [1.165, 1.54) is 6.92 Å². The van der Waals surface area contributed by atoms with Crippen LogP contribution < -0.4 is 10.2 Å². The van der Waals surface area contributed by atoms with Gasteiger partial charge in [-0.25, -0.2) is 8.78 Å². The first-order valence-electron chi connectivity index (χ1n) is 8.82. The normalized spacial score (nSPS) is 13.8. The summed E-state index contributed by atoms with van der Waals surface area (Å²) in [5, 5.41) is 2.64. The molecule has 0 aliphatic carbocycles. The van der Waals surface area contributed by atoms with Crippen molar-refractivity contribution in [1.29, 1.82) is 0 Å². The molecular weight excluding hydrogens is 364 g/mol. The standard InChI is InChI=1S/C21H21F2N3O2/c1-13-17(22)10-15(11-18(13)23)24-19-12-20(27)26(21(19)28)9-8-14-4-6-16(7-5-14)25(2)3/h4-7,10-12,24H,8-9H2,1-3H3. The quantitative estimate of drug-likeness (QED) is 0.776. The fourth-order valence-corrected chi connectivity index (χ4v) is 2.88. The van der Waals surface area contributed by atoms with E-state index in [4.69, 9.17) is 0 Å². The summed E-state index contributed by atoms with van der Waals surface area (Å²) >= 11 is 0. The van der Waals surface area contributed by atoms with Crippen LogP contribution in [0.3, 0.4) is 0 Å². The van der Waals surface area contributed by atoms with Gasteiger partial charge >= 0.3 is 0 Å². The van der Waals surface area contributed by atoms with Gasteiger partial charge in [-0.05, 0) is 43.2 Å². The van der Waals surface area contributed by atoms with Crippen molar-refractivity contribution < 1.29 is 18.4 Å². The fraction of sp³-hybridized carbons (Fsp3) is 0.238. The lowest BCUT2D eigenvalue weighted by molar-refractivity contribution is -0.137. The van der Waals surface area contributed by atoms with E-state index < -0.39 is 23.4 Å². The third-order valence-electron chi connectivity index (χ3n) is 4.65. The maximum absolute atomic E-state index is 13.7. The van der Waals surface area contributed by atoms with Crippen LogP contribution in [0.1, 0.15) is 11.1 Å². The predicted octanol–water partition coefficient (Wildman–Crippen LogP) is 3.25. The molecule has 0 bridgehead atoms. The van der Waals surface area contributed by atoms with E-state index >= 15 is 0 Å². The molecule has 1 N–H and O–H groups in total. The Bertz CT molecular complexity index is 930. The molecule has 1 aliphatic rings. The second-order valence-corrected chi connectivity index (χ2v) is 6.85. The molecule has 0 fully saturated rings. The summed E-state index contributed by atoms with van der Waals surface area (Å²) in [6.45, 7) is 1.54. The molecule has 146 valence electrons. The Hall–Kier alpha value is -3.22. The maximum atomic E-state index is 13.7. The summed E-state index contributed by atoms with van der Waals surface area (Å²) < 4.78 is 27.4. The van der Waals surface area contributed by atoms with Gasteiger partial charge in [-0.15, -0.1) is 0 Å². The van der Waals surface area contributed by atoms with E-state index in [2.05, 4.69) is 5.32 Å². The molecule has 2 amide bonds. The number of benzene rings is 2. The molecule has 3 rings (SSSR count). The molecule has 1 heterocycles. The Balaban J connectivity index is 1.65. The van der Waals surface area contributed by atoms with Crippen molar-refractivity contribution in [2.75, 3.05) is 30.9 Å².